The summed E-state index contributed by atoms with van der Waals surface area (Å²) in [5.41, 5.74) is 0.328. The topological polar surface area (TPSA) is 15.7 Å². The second kappa shape index (κ2) is 6.17. The van der Waals surface area contributed by atoms with E-state index in [1.165, 1.54) is 39.0 Å². The van der Waals surface area contributed by atoms with Crippen LogP contribution >= 0.6 is 0 Å². The first-order valence-corrected chi connectivity index (χ1v) is 8.73. The molecule has 0 radical (unpaired) electrons. The van der Waals surface area contributed by atoms with Crippen molar-refractivity contribution >= 4 is 0 Å². The quantitative estimate of drug-likeness (QED) is 0.794. The molecule has 0 aromatic rings. The van der Waals surface area contributed by atoms with Crippen LogP contribution in [0, 0.1) is 5.92 Å². The van der Waals surface area contributed by atoms with E-state index in [1.807, 2.05) is 0 Å². The number of ether oxygens (including phenoxy) is 1. The largest absolute Gasteiger partial charge is 0.373 e. The van der Waals surface area contributed by atoms with E-state index < -0.39 is 0 Å². The van der Waals surface area contributed by atoms with E-state index in [0.29, 0.717) is 17.7 Å². The Morgan fingerprint density at radius 3 is 1.86 bits per heavy atom. The lowest BCUT2D eigenvalue weighted by Crippen LogP contribution is -2.57. The molecule has 2 fully saturated rings. The maximum absolute atomic E-state index is 6.08. The van der Waals surface area contributed by atoms with Crippen LogP contribution in [-0.2, 0) is 4.74 Å². The summed E-state index contributed by atoms with van der Waals surface area (Å²) in [6, 6.07) is 0.715. The predicted octanol–water partition coefficient (Wildman–Crippen LogP) is 3.38. The molecule has 3 nitrogen and oxygen atoms in total. The lowest BCUT2D eigenvalue weighted by molar-refractivity contribution is -0.125. The van der Waals surface area contributed by atoms with Crippen molar-refractivity contribution in [3.8, 4) is 0 Å². The number of rotatable bonds is 3. The third-order valence-corrected chi connectivity index (χ3v) is 5.17. The van der Waals surface area contributed by atoms with Crippen molar-refractivity contribution in [1.29, 1.82) is 0 Å². The van der Waals surface area contributed by atoms with E-state index in [-0.39, 0.29) is 5.60 Å². The highest BCUT2D eigenvalue weighted by molar-refractivity contribution is 4.92. The molecule has 0 amide bonds. The molecule has 1 saturated carbocycles. The Kier molecular flexibility index (Phi) is 5.07. The highest BCUT2D eigenvalue weighted by Gasteiger charge is 2.39. The van der Waals surface area contributed by atoms with Crippen molar-refractivity contribution in [2.45, 2.75) is 84.6 Å². The van der Waals surface area contributed by atoms with Crippen molar-refractivity contribution in [1.82, 2.24) is 9.80 Å². The summed E-state index contributed by atoms with van der Waals surface area (Å²) in [5.74, 6) is 0.832. The molecule has 0 bridgehead atoms. The fourth-order valence-electron chi connectivity index (χ4n) is 3.69. The molecule has 0 aromatic carbocycles. The summed E-state index contributed by atoms with van der Waals surface area (Å²) < 4.78 is 6.08. The first-order chi connectivity index (χ1) is 9.56. The van der Waals surface area contributed by atoms with Crippen LogP contribution in [0.4, 0.5) is 0 Å². The van der Waals surface area contributed by atoms with E-state index in [0.717, 1.165) is 5.92 Å². The summed E-state index contributed by atoms with van der Waals surface area (Å²) in [5, 5.41) is 0. The molecular weight excluding hydrogens is 260 g/mol. The number of hydrogen-bond acceptors (Lipinski definition) is 3. The van der Waals surface area contributed by atoms with Crippen molar-refractivity contribution < 1.29 is 4.74 Å². The Morgan fingerprint density at radius 2 is 1.43 bits per heavy atom. The maximum atomic E-state index is 6.08. The van der Waals surface area contributed by atoms with Crippen LogP contribution in [0.1, 0.15) is 61.3 Å². The molecule has 0 aromatic heterocycles. The molecule has 0 spiro atoms. The van der Waals surface area contributed by atoms with Crippen LogP contribution in [0.3, 0.4) is 0 Å². The SMILES string of the molecule is C[C@H](C1CC(OC(C)(C)C)C1)N1CCN(C(C)(C)C)CC1. The summed E-state index contributed by atoms with van der Waals surface area (Å²) in [4.78, 5) is 5.31. The lowest BCUT2D eigenvalue weighted by atomic mass is 9.76. The minimum Gasteiger partial charge on any atom is -0.373 e. The molecule has 1 saturated heterocycles. The maximum Gasteiger partial charge on any atom is 0.0602 e. The van der Waals surface area contributed by atoms with Crippen molar-refractivity contribution in [3.63, 3.8) is 0 Å². The van der Waals surface area contributed by atoms with Crippen LogP contribution in [-0.4, -0.2) is 59.3 Å². The number of hydrogen-bond donors (Lipinski definition) is 0. The Bertz CT molecular complexity index is 328. The standard InChI is InChI=1S/C18H36N2O/c1-14(15-12-16(13-15)21-18(5,6)7)19-8-10-20(11-9-19)17(2,3)4/h14-16H,8-13H2,1-7H3/t14-,15?,16?/m1/s1. The van der Waals surface area contributed by atoms with Crippen LogP contribution in [0.15, 0.2) is 0 Å². The van der Waals surface area contributed by atoms with Gasteiger partial charge in [0, 0.05) is 37.8 Å². The van der Waals surface area contributed by atoms with Gasteiger partial charge < -0.3 is 4.74 Å². The summed E-state index contributed by atoms with van der Waals surface area (Å²) in [7, 11) is 0. The zero-order chi connectivity index (χ0) is 15.8. The third-order valence-electron chi connectivity index (χ3n) is 5.17. The summed E-state index contributed by atoms with van der Waals surface area (Å²) in [6.45, 7) is 20.8. The average Bonchev–Trinajstić information content (AvgIpc) is 2.30. The molecule has 124 valence electrons. The van der Waals surface area contributed by atoms with Gasteiger partial charge in [-0.15, -0.1) is 0 Å². The van der Waals surface area contributed by atoms with Gasteiger partial charge in [-0.2, -0.15) is 0 Å². The predicted molar refractivity (Wildman–Crippen MR) is 89.7 cm³/mol. The molecule has 1 aliphatic heterocycles. The second-order valence-corrected chi connectivity index (χ2v) is 9.02. The molecule has 0 N–H and O–H groups in total. The molecule has 2 aliphatic rings. The fraction of sp³-hybridized carbons (Fsp3) is 1.00. The van der Waals surface area contributed by atoms with Gasteiger partial charge in [0.15, 0.2) is 0 Å². The van der Waals surface area contributed by atoms with E-state index in [1.54, 1.807) is 0 Å². The minimum absolute atomic E-state index is 0.0111. The van der Waals surface area contributed by atoms with Crippen LogP contribution in [0.25, 0.3) is 0 Å². The molecule has 21 heavy (non-hydrogen) atoms. The zero-order valence-corrected chi connectivity index (χ0v) is 15.3. The van der Waals surface area contributed by atoms with Gasteiger partial charge in [-0.05, 0) is 67.2 Å². The van der Waals surface area contributed by atoms with E-state index in [2.05, 4.69) is 58.3 Å². The van der Waals surface area contributed by atoms with Gasteiger partial charge in [-0.3, -0.25) is 9.80 Å². The first kappa shape index (κ1) is 17.2. The van der Waals surface area contributed by atoms with E-state index in [9.17, 15) is 0 Å². The second-order valence-electron chi connectivity index (χ2n) is 9.02. The summed E-state index contributed by atoms with van der Waals surface area (Å²) in [6.07, 6.45) is 2.99. The van der Waals surface area contributed by atoms with Crippen molar-refractivity contribution in [2.24, 2.45) is 5.92 Å². The molecule has 0 unspecified atom stereocenters. The Labute approximate surface area is 132 Å². The average molecular weight is 296 g/mol. The van der Waals surface area contributed by atoms with E-state index >= 15 is 0 Å². The third kappa shape index (κ3) is 4.67. The minimum atomic E-state index is 0.0111. The highest BCUT2D eigenvalue weighted by atomic mass is 16.5. The Balaban J connectivity index is 1.73. The van der Waals surface area contributed by atoms with Gasteiger partial charge in [-0.1, -0.05) is 0 Å². The first-order valence-electron chi connectivity index (χ1n) is 8.73. The van der Waals surface area contributed by atoms with Gasteiger partial charge >= 0.3 is 0 Å². The van der Waals surface area contributed by atoms with Crippen LogP contribution in [0.2, 0.25) is 0 Å². The fourth-order valence-corrected chi connectivity index (χ4v) is 3.69. The molecule has 1 atom stereocenters. The molecule has 1 heterocycles. The highest BCUT2D eigenvalue weighted by Crippen LogP contribution is 2.37. The molecule has 2 rings (SSSR count). The van der Waals surface area contributed by atoms with Gasteiger partial charge in [-0.25, -0.2) is 0 Å². The summed E-state index contributed by atoms with van der Waals surface area (Å²) >= 11 is 0. The smallest absolute Gasteiger partial charge is 0.0602 e. The Hall–Kier alpha value is -0.120. The van der Waals surface area contributed by atoms with Gasteiger partial charge in [0.05, 0.1) is 11.7 Å². The normalized spacial score (nSPS) is 31.0. The monoisotopic (exact) mass is 296 g/mol. The van der Waals surface area contributed by atoms with Crippen molar-refractivity contribution in [2.75, 3.05) is 26.2 Å². The molecule has 3 heteroatoms. The Morgan fingerprint density at radius 1 is 0.905 bits per heavy atom. The zero-order valence-electron chi connectivity index (χ0n) is 15.3. The van der Waals surface area contributed by atoms with Crippen LogP contribution < -0.4 is 0 Å². The number of nitrogens with zero attached hydrogens (tertiary/aromatic N) is 2. The van der Waals surface area contributed by atoms with Gasteiger partial charge in [0.25, 0.3) is 0 Å². The number of piperazine rings is 1. The van der Waals surface area contributed by atoms with Crippen molar-refractivity contribution in [3.05, 3.63) is 0 Å². The molecule has 1 aliphatic carbocycles. The van der Waals surface area contributed by atoms with Crippen LogP contribution in [0.5, 0.6) is 0 Å². The molecular formula is C18H36N2O. The van der Waals surface area contributed by atoms with Gasteiger partial charge in [0.1, 0.15) is 0 Å². The van der Waals surface area contributed by atoms with E-state index in [4.69, 9.17) is 4.74 Å². The lowest BCUT2D eigenvalue weighted by Gasteiger charge is -2.49. The van der Waals surface area contributed by atoms with Gasteiger partial charge in [0.2, 0.25) is 0 Å².